The van der Waals surface area contributed by atoms with Crippen LogP contribution in [0.25, 0.3) is 0 Å². The number of nitrogens with zero attached hydrogens (tertiary/aromatic N) is 2. The zero-order valence-electron chi connectivity index (χ0n) is 12.2. The Morgan fingerprint density at radius 2 is 2.23 bits per heavy atom. The van der Waals surface area contributed by atoms with E-state index < -0.39 is 17.9 Å². The maximum absolute atomic E-state index is 12.4. The van der Waals surface area contributed by atoms with Gasteiger partial charge in [0.1, 0.15) is 5.69 Å². The molecule has 2 heterocycles. The Kier molecular flexibility index (Phi) is 4.60. The summed E-state index contributed by atoms with van der Waals surface area (Å²) in [7, 11) is 0. The molecule has 2 N–H and O–H groups in total. The number of pyridine rings is 1. The number of anilines is 1. The van der Waals surface area contributed by atoms with Crippen LogP contribution >= 0.6 is 0 Å². The molecule has 8 heteroatoms. The SMILES string of the molecule is CC1(CO)CCCN(C(=O)Nc2ccc(C(F)(F)F)nc2)C1. The molecule has 2 amide bonds. The molecule has 1 saturated heterocycles. The van der Waals surface area contributed by atoms with Crippen molar-refractivity contribution in [2.75, 3.05) is 25.0 Å². The van der Waals surface area contributed by atoms with Gasteiger partial charge in [-0.3, -0.25) is 0 Å². The zero-order chi connectivity index (χ0) is 16.4. The fourth-order valence-electron chi connectivity index (χ4n) is 2.46. The number of nitrogens with one attached hydrogen (secondary N) is 1. The van der Waals surface area contributed by atoms with E-state index in [9.17, 15) is 23.1 Å². The molecule has 2 rings (SSSR count). The topological polar surface area (TPSA) is 65.5 Å². The maximum atomic E-state index is 12.4. The molecule has 1 unspecified atom stereocenters. The number of hydrogen-bond donors (Lipinski definition) is 2. The molecule has 0 aliphatic carbocycles. The van der Waals surface area contributed by atoms with E-state index in [1.54, 1.807) is 4.90 Å². The molecule has 0 bridgehead atoms. The molecule has 22 heavy (non-hydrogen) atoms. The van der Waals surface area contributed by atoms with Crippen molar-refractivity contribution in [3.8, 4) is 0 Å². The number of alkyl halides is 3. The normalized spacial score (nSPS) is 22.5. The minimum Gasteiger partial charge on any atom is -0.396 e. The van der Waals surface area contributed by atoms with Gasteiger partial charge in [0, 0.05) is 18.5 Å². The van der Waals surface area contributed by atoms with Crippen LogP contribution in [0.2, 0.25) is 0 Å². The number of carbonyl (C=O) groups excluding carboxylic acids is 1. The molecular formula is C14H18F3N3O2. The second kappa shape index (κ2) is 6.12. The molecule has 0 spiro atoms. The van der Waals surface area contributed by atoms with E-state index in [4.69, 9.17) is 0 Å². The number of urea groups is 1. The van der Waals surface area contributed by atoms with E-state index in [0.717, 1.165) is 25.1 Å². The molecule has 122 valence electrons. The fourth-order valence-corrected chi connectivity index (χ4v) is 2.46. The van der Waals surface area contributed by atoms with Crippen LogP contribution < -0.4 is 5.32 Å². The van der Waals surface area contributed by atoms with Gasteiger partial charge in [-0.15, -0.1) is 0 Å². The maximum Gasteiger partial charge on any atom is 0.433 e. The first-order chi connectivity index (χ1) is 10.2. The molecule has 1 aliphatic rings. The Balaban J connectivity index is 2.00. The van der Waals surface area contributed by atoms with Crippen molar-refractivity contribution in [3.05, 3.63) is 24.0 Å². The van der Waals surface area contributed by atoms with Crippen molar-refractivity contribution in [1.82, 2.24) is 9.88 Å². The van der Waals surface area contributed by atoms with Crippen LogP contribution in [0.3, 0.4) is 0 Å². The van der Waals surface area contributed by atoms with E-state index >= 15 is 0 Å². The van der Waals surface area contributed by atoms with Crippen molar-refractivity contribution in [2.45, 2.75) is 25.9 Å². The number of piperidine rings is 1. The van der Waals surface area contributed by atoms with E-state index in [1.165, 1.54) is 6.07 Å². The summed E-state index contributed by atoms with van der Waals surface area (Å²) in [6.45, 7) is 2.84. The third-order valence-electron chi connectivity index (χ3n) is 3.76. The van der Waals surface area contributed by atoms with Crippen molar-refractivity contribution in [1.29, 1.82) is 0 Å². The van der Waals surface area contributed by atoms with Gasteiger partial charge in [-0.1, -0.05) is 6.92 Å². The number of amides is 2. The van der Waals surface area contributed by atoms with Crippen LogP contribution in [0, 0.1) is 5.41 Å². The number of aromatic nitrogens is 1. The van der Waals surface area contributed by atoms with E-state index in [1.807, 2.05) is 6.92 Å². The lowest BCUT2D eigenvalue weighted by Crippen LogP contribution is -2.48. The number of carbonyl (C=O) groups is 1. The van der Waals surface area contributed by atoms with Crippen LogP contribution in [0.15, 0.2) is 18.3 Å². The average Bonchev–Trinajstić information content (AvgIpc) is 2.47. The highest BCUT2D eigenvalue weighted by Gasteiger charge is 2.33. The quantitative estimate of drug-likeness (QED) is 0.881. The number of halogens is 3. The molecule has 1 aromatic rings. The summed E-state index contributed by atoms with van der Waals surface area (Å²) in [5.41, 5.74) is -1.14. The second-order valence-corrected chi connectivity index (χ2v) is 5.85. The third kappa shape index (κ3) is 3.88. The Bertz CT molecular complexity index is 533. The Labute approximate surface area is 126 Å². The average molecular weight is 317 g/mol. The first-order valence-corrected chi connectivity index (χ1v) is 6.94. The molecule has 0 saturated carbocycles. The van der Waals surface area contributed by atoms with Gasteiger partial charge in [0.05, 0.1) is 18.5 Å². The molecule has 5 nitrogen and oxygen atoms in total. The second-order valence-electron chi connectivity index (χ2n) is 5.85. The van der Waals surface area contributed by atoms with Crippen LogP contribution in [0.4, 0.5) is 23.7 Å². The summed E-state index contributed by atoms with van der Waals surface area (Å²) in [5.74, 6) is 0. The largest absolute Gasteiger partial charge is 0.433 e. The van der Waals surface area contributed by atoms with Crippen molar-refractivity contribution >= 4 is 11.7 Å². The Morgan fingerprint density at radius 1 is 1.50 bits per heavy atom. The first kappa shape index (κ1) is 16.5. The molecule has 1 fully saturated rings. The van der Waals surface area contributed by atoms with Gasteiger partial charge in [-0.2, -0.15) is 13.2 Å². The van der Waals surface area contributed by atoms with E-state index in [-0.39, 0.29) is 17.7 Å². The predicted molar refractivity (Wildman–Crippen MR) is 74.3 cm³/mol. The van der Waals surface area contributed by atoms with Crippen molar-refractivity contribution in [3.63, 3.8) is 0 Å². The highest BCUT2D eigenvalue weighted by Crippen LogP contribution is 2.30. The summed E-state index contributed by atoms with van der Waals surface area (Å²) in [5, 5.41) is 11.9. The lowest BCUT2D eigenvalue weighted by molar-refractivity contribution is -0.141. The number of likely N-dealkylation sites (tertiary alicyclic amines) is 1. The summed E-state index contributed by atoms with van der Waals surface area (Å²) in [6.07, 6.45) is -1.92. The molecule has 0 aromatic carbocycles. The van der Waals surface area contributed by atoms with Gasteiger partial charge in [-0.05, 0) is 25.0 Å². The summed E-state index contributed by atoms with van der Waals surface area (Å²) < 4.78 is 37.2. The van der Waals surface area contributed by atoms with Gasteiger partial charge in [0.15, 0.2) is 0 Å². The molecule has 0 radical (unpaired) electrons. The lowest BCUT2D eigenvalue weighted by Gasteiger charge is -2.39. The highest BCUT2D eigenvalue weighted by molar-refractivity contribution is 5.89. The number of aliphatic hydroxyl groups is 1. The lowest BCUT2D eigenvalue weighted by atomic mass is 9.83. The third-order valence-corrected chi connectivity index (χ3v) is 3.76. The minimum atomic E-state index is -4.50. The van der Waals surface area contributed by atoms with Crippen molar-refractivity contribution in [2.24, 2.45) is 5.41 Å². The standard InChI is InChI=1S/C14H18F3N3O2/c1-13(9-21)5-2-6-20(8-13)12(22)19-10-3-4-11(18-7-10)14(15,16)17/h3-4,7,21H,2,5-6,8-9H2,1H3,(H,19,22). The molecule has 1 aliphatic heterocycles. The summed E-state index contributed by atoms with van der Waals surface area (Å²) >= 11 is 0. The van der Waals surface area contributed by atoms with E-state index in [2.05, 4.69) is 10.3 Å². The van der Waals surface area contributed by atoms with Crippen LogP contribution in [0.1, 0.15) is 25.5 Å². The minimum absolute atomic E-state index is 0.0153. The van der Waals surface area contributed by atoms with Crippen LogP contribution in [-0.2, 0) is 6.18 Å². The monoisotopic (exact) mass is 317 g/mol. The fraction of sp³-hybridized carbons (Fsp3) is 0.571. The van der Waals surface area contributed by atoms with Gasteiger partial charge in [0.2, 0.25) is 0 Å². The highest BCUT2D eigenvalue weighted by atomic mass is 19.4. The molecule has 1 atom stereocenters. The molecular weight excluding hydrogens is 299 g/mol. The van der Waals surface area contributed by atoms with Crippen LogP contribution in [0.5, 0.6) is 0 Å². The van der Waals surface area contributed by atoms with Gasteiger partial charge < -0.3 is 15.3 Å². The Hall–Kier alpha value is -1.83. The van der Waals surface area contributed by atoms with Crippen molar-refractivity contribution < 1.29 is 23.1 Å². The number of rotatable bonds is 2. The van der Waals surface area contributed by atoms with E-state index in [0.29, 0.717) is 13.1 Å². The molecule has 1 aromatic heterocycles. The summed E-state index contributed by atoms with van der Waals surface area (Å²) in [4.78, 5) is 17.0. The van der Waals surface area contributed by atoms with Gasteiger partial charge in [-0.25, -0.2) is 9.78 Å². The Morgan fingerprint density at radius 3 is 2.77 bits per heavy atom. The number of hydrogen-bond acceptors (Lipinski definition) is 3. The zero-order valence-corrected chi connectivity index (χ0v) is 12.2. The number of aliphatic hydroxyl groups excluding tert-OH is 1. The first-order valence-electron chi connectivity index (χ1n) is 6.94. The summed E-state index contributed by atoms with van der Waals surface area (Å²) in [6, 6.07) is 1.59. The smallest absolute Gasteiger partial charge is 0.396 e. The van der Waals surface area contributed by atoms with Gasteiger partial charge in [0.25, 0.3) is 0 Å². The van der Waals surface area contributed by atoms with Crippen LogP contribution in [-0.4, -0.2) is 40.7 Å². The predicted octanol–water partition coefficient (Wildman–Crippen LogP) is 2.73. The van der Waals surface area contributed by atoms with Gasteiger partial charge >= 0.3 is 12.2 Å².